The molecule has 1 heterocycles. The Balaban J connectivity index is 2.05. The van der Waals surface area contributed by atoms with E-state index >= 15 is 0 Å². The SMILES string of the molecule is CCCC1NC(CCC)N(CC2(C(C)C)CC2)C1=O. The molecular weight excluding hydrogens is 236 g/mol. The van der Waals surface area contributed by atoms with Crippen LogP contribution in [0.25, 0.3) is 0 Å². The molecule has 0 bridgehead atoms. The minimum Gasteiger partial charge on any atom is -0.325 e. The lowest BCUT2D eigenvalue weighted by molar-refractivity contribution is -0.131. The quantitative estimate of drug-likeness (QED) is 0.767. The molecule has 1 saturated carbocycles. The Morgan fingerprint density at radius 3 is 2.37 bits per heavy atom. The van der Waals surface area contributed by atoms with Crippen molar-refractivity contribution in [2.24, 2.45) is 11.3 Å². The highest BCUT2D eigenvalue weighted by Gasteiger charge is 2.50. The Morgan fingerprint density at radius 1 is 1.26 bits per heavy atom. The number of nitrogens with one attached hydrogen (secondary N) is 1. The zero-order chi connectivity index (χ0) is 14.0. The summed E-state index contributed by atoms with van der Waals surface area (Å²) < 4.78 is 0. The first-order valence-electron chi connectivity index (χ1n) is 8.10. The lowest BCUT2D eigenvalue weighted by Crippen LogP contribution is -2.42. The Hall–Kier alpha value is -0.570. The Labute approximate surface area is 118 Å². The van der Waals surface area contributed by atoms with E-state index in [1.165, 1.54) is 12.8 Å². The van der Waals surface area contributed by atoms with Gasteiger partial charge in [-0.3, -0.25) is 10.1 Å². The first-order chi connectivity index (χ1) is 9.04. The van der Waals surface area contributed by atoms with Crippen LogP contribution >= 0.6 is 0 Å². The van der Waals surface area contributed by atoms with Crippen LogP contribution in [-0.2, 0) is 4.79 Å². The van der Waals surface area contributed by atoms with E-state index in [1.54, 1.807) is 0 Å². The van der Waals surface area contributed by atoms with Gasteiger partial charge in [0.2, 0.25) is 5.91 Å². The normalized spacial score (nSPS) is 29.3. The Kier molecular flexibility index (Phi) is 4.54. The van der Waals surface area contributed by atoms with Gasteiger partial charge in [-0.15, -0.1) is 0 Å². The predicted octanol–water partition coefficient (Wildman–Crippen LogP) is 3.15. The molecule has 3 heteroatoms. The second-order valence-corrected chi connectivity index (χ2v) is 6.80. The van der Waals surface area contributed by atoms with E-state index in [1.807, 2.05) is 0 Å². The summed E-state index contributed by atoms with van der Waals surface area (Å²) in [5, 5.41) is 3.56. The molecular formula is C16H30N2O. The van der Waals surface area contributed by atoms with Crippen LogP contribution in [-0.4, -0.2) is 29.6 Å². The molecule has 110 valence electrons. The van der Waals surface area contributed by atoms with Gasteiger partial charge in [0.1, 0.15) is 0 Å². The minimum atomic E-state index is 0.0736. The third kappa shape index (κ3) is 2.96. The summed E-state index contributed by atoms with van der Waals surface area (Å²) in [5.74, 6) is 1.04. The highest BCUT2D eigenvalue weighted by Crippen LogP contribution is 2.52. The molecule has 2 atom stereocenters. The van der Waals surface area contributed by atoms with Crippen LogP contribution in [0.5, 0.6) is 0 Å². The molecule has 2 rings (SSSR count). The average molecular weight is 266 g/mol. The molecule has 1 aliphatic heterocycles. The third-order valence-corrected chi connectivity index (χ3v) is 5.09. The van der Waals surface area contributed by atoms with E-state index < -0.39 is 0 Å². The monoisotopic (exact) mass is 266 g/mol. The molecule has 0 aromatic heterocycles. The topological polar surface area (TPSA) is 32.3 Å². The van der Waals surface area contributed by atoms with Crippen LogP contribution < -0.4 is 5.32 Å². The molecule has 1 aliphatic carbocycles. The second-order valence-electron chi connectivity index (χ2n) is 6.80. The molecule has 0 spiro atoms. The van der Waals surface area contributed by atoms with Gasteiger partial charge in [0.15, 0.2) is 0 Å². The van der Waals surface area contributed by atoms with Gasteiger partial charge in [0, 0.05) is 6.54 Å². The van der Waals surface area contributed by atoms with E-state index in [0.29, 0.717) is 17.2 Å². The van der Waals surface area contributed by atoms with Crippen molar-refractivity contribution in [1.29, 1.82) is 0 Å². The van der Waals surface area contributed by atoms with Crippen LogP contribution in [0.4, 0.5) is 0 Å². The fraction of sp³-hybridized carbons (Fsp3) is 0.938. The van der Waals surface area contributed by atoms with Crippen LogP contribution in [0.3, 0.4) is 0 Å². The summed E-state index contributed by atoms with van der Waals surface area (Å²) in [6.07, 6.45) is 7.15. The van der Waals surface area contributed by atoms with Gasteiger partial charge in [-0.1, -0.05) is 40.5 Å². The highest BCUT2D eigenvalue weighted by atomic mass is 16.2. The largest absolute Gasteiger partial charge is 0.325 e. The smallest absolute Gasteiger partial charge is 0.241 e. The number of hydrogen-bond donors (Lipinski definition) is 1. The Bertz CT molecular complexity index is 323. The first-order valence-corrected chi connectivity index (χ1v) is 8.10. The average Bonchev–Trinajstić information content (AvgIpc) is 3.09. The Morgan fingerprint density at radius 2 is 1.89 bits per heavy atom. The van der Waals surface area contributed by atoms with Crippen LogP contribution in [0.2, 0.25) is 0 Å². The van der Waals surface area contributed by atoms with Crippen LogP contribution in [0.1, 0.15) is 66.2 Å². The summed E-state index contributed by atoms with van der Waals surface area (Å²) >= 11 is 0. The summed E-state index contributed by atoms with van der Waals surface area (Å²) in [4.78, 5) is 14.7. The van der Waals surface area contributed by atoms with Crippen molar-refractivity contribution in [3.8, 4) is 0 Å². The molecule has 0 aromatic carbocycles. The van der Waals surface area contributed by atoms with E-state index in [2.05, 4.69) is 37.9 Å². The summed E-state index contributed by atoms with van der Waals surface area (Å²) in [6.45, 7) is 9.94. The van der Waals surface area contributed by atoms with Gasteiger partial charge >= 0.3 is 0 Å². The van der Waals surface area contributed by atoms with Gasteiger partial charge in [0.05, 0.1) is 12.2 Å². The zero-order valence-corrected chi connectivity index (χ0v) is 13.0. The highest BCUT2D eigenvalue weighted by molar-refractivity contribution is 5.84. The van der Waals surface area contributed by atoms with Crippen molar-refractivity contribution < 1.29 is 4.79 Å². The number of rotatable bonds is 7. The summed E-state index contributed by atoms with van der Waals surface area (Å²) in [7, 11) is 0. The van der Waals surface area contributed by atoms with Crippen molar-refractivity contribution in [2.75, 3.05) is 6.54 Å². The fourth-order valence-electron chi connectivity index (χ4n) is 3.36. The van der Waals surface area contributed by atoms with Gasteiger partial charge in [-0.25, -0.2) is 0 Å². The number of hydrogen-bond acceptors (Lipinski definition) is 2. The van der Waals surface area contributed by atoms with E-state index in [9.17, 15) is 4.79 Å². The number of nitrogens with zero attached hydrogens (tertiary/aromatic N) is 1. The second kappa shape index (κ2) is 5.82. The van der Waals surface area contributed by atoms with Crippen LogP contribution in [0, 0.1) is 11.3 Å². The van der Waals surface area contributed by atoms with E-state index in [4.69, 9.17) is 0 Å². The molecule has 1 saturated heterocycles. The van der Waals surface area contributed by atoms with Crippen molar-refractivity contribution in [2.45, 2.75) is 78.4 Å². The van der Waals surface area contributed by atoms with Crippen LogP contribution in [0.15, 0.2) is 0 Å². The summed E-state index contributed by atoms with van der Waals surface area (Å²) in [6, 6.07) is 0.0736. The predicted molar refractivity (Wildman–Crippen MR) is 78.7 cm³/mol. The standard InChI is InChI=1S/C16H30N2O/c1-5-7-13-15(19)18(14(17-13)8-6-2)11-16(9-10-16)12(3)4/h12-14,17H,5-11H2,1-4H3. The zero-order valence-electron chi connectivity index (χ0n) is 13.0. The number of carbonyl (C=O) groups excluding carboxylic acids is 1. The van der Waals surface area contributed by atoms with Crippen molar-refractivity contribution in [3.63, 3.8) is 0 Å². The molecule has 3 nitrogen and oxygen atoms in total. The van der Waals surface area contributed by atoms with Crippen molar-refractivity contribution in [3.05, 3.63) is 0 Å². The lowest BCUT2D eigenvalue weighted by atomic mass is 9.91. The molecule has 1 amide bonds. The molecule has 0 aromatic rings. The third-order valence-electron chi connectivity index (χ3n) is 5.09. The molecule has 0 radical (unpaired) electrons. The molecule has 2 aliphatic rings. The molecule has 2 fully saturated rings. The van der Waals surface area contributed by atoms with Gasteiger partial charge in [-0.2, -0.15) is 0 Å². The molecule has 2 unspecified atom stereocenters. The maximum atomic E-state index is 12.6. The molecule has 19 heavy (non-hydrogen) atoms. The van der Waals surface area contributed by atoms with Crippen molar-refractivity contribution >= 4 is 5.91 Å². The van der Waals surface area contributed by atoms with Crippen molar-refractivity contribution in [1.82, 2.24) is 10.2 Å². The fourth-order valence-corrected chi connectivity index (χ4v) is 3.36. The van der Waals surface area contributed by atoms with Gasteiger partial charge < -0.3 is 4.90 Å². The lowest BCUT2D eigenvalue weighted by Gasteiger charge is -2.30. The van der Waals surface area contributed by atoms with E-state index in [-0.39, 0.29) is 12.2 Å². The number of carbonyl (C=O) groups is 1. The first kappa shape index (κ1) is 14.8. The van der Waals surface area contributed by atoms with Gasteiger partial charge in [0.25, 0.3) is 0 Å². The maximum Gasteiger partial charge on any atom is 0.241 e. The molecule has 1 N–H and O–H groups in total. The maximum absolute atomic E-state index is 12.6. The van der Waals surface area contributed by atoms with Gasteiger partial charge in [-0.05, 0) is 37.0 Å². The minimum absolute atomic E-state index is 0.0736. The number of amides is 1. The summed E-state index contributed by atoms with van der Waals surface area (Å²) in [5.41, 5.74) is 0.421. The van der Waals surface area contributed by atoms with E-state index in [0.717, 1.165) is 32.2 Å².